The lowest BCUT2D eigenvalue weighted by molar-refractivity contribution is -0.105. The molecule has 0 fully saturated rings. The number of fused-ring (bicyclic) bond motifs is 2. The number of hydrogen-bond acceptors (Lipinski definition) is 7. The molecular formula is C23H20N6OS. The highest BCUT2D eigenvalue weighted by molar-refractivity contribution is 8.08. The standard InChI is InChI=1S/C23H20N6OS/c1-2-12-29-27-23(26-28-29)25-20-17-13-16-10-6-7-11-19(16)24-22(17)31-21(18(20)14-30)15-8-4-3-5-9-15/h3-11,13-14,20H,2,12H2,1H3,(H,25,27). The van der Waals surface area contributed by atoms with E-state index in [0.717, 1.165) is 44.7 Å². The number of carbonyl (C=O) groups is 1. The summed E-state index contributed by atoms with van der Waals surface area (Å²) in [6.45, 7) is 2.74. The summed E-state index contributed by atoms with van der Waals surface area (Å²) in [5.74, 6) is 0.385. The number of aromatic nitrogens is 5. The summed E-state index contributed by atoms with van der Waals surface area (Å²) >= 11 is 1.52. The molecule has 4 aromatic rings. The fourth-order valence-corrected chi connectivity index (χ4v) is 4.84. The van der Waals surface area contributed by atoms with Crippen LogP contribution in [0.3, 0.4) is 0 Å². The molecule has 8 heteroatoms. The first-order valence-electron chi connectivity index (χ1n) is 10.1. The van der Waals surface area contributed by atoms with Crippen LogP contribution in [0, 0.1) is 0 Å². The van der Waals surface area contributed by atoms with Crippen molar-refractivity contribution in [2.75, 3.05) is 5.32 Å². The number of benzene rings is 2. The Labute approximate surface area is 183 Å². The maximum absolute atomic E-state index is 12.3. The maximum atomic E-state index is 12.3. The van der Waals surface area contributed by atoms with E-state index < -0.39 is 6.04 Å². The molecule has 0 amide bonds. The Morgan fingerprint density at radius 2 is 1.94 bits per heavy atom. The molecule has 1 N–H and O–H groups in total. The number of anilines is 1. The van der Waals surface area contributed by atoms with Crippen LogP contribution >= 0.6 is 11.8 Å². The van der Waals surface area contributed by atoms with Crippen LogP contribution in [0.15, 0.2) is 71.3 Å². The summed E-state index contributed by atoms with van der Waals surface area (Å²) in [4.78, 5) is 19.7. The smallest absolute Gasteiger partial charge is 0.264 e. The van der Waals surface area contributed by atoms with Crippen molar-refractivity contribution in [3.63, 3.8) is 0 Å². The topological polar surface area (TPSA) is 85.6 Å². The van der Waals surface area contributed by atoms with Crippen LogP contribution in [0.25, 0.3) is 15.8 Å². The van der Waals surface area contributed by atoms with Crippen molar-refractivity contribution < 1.29 is 4.79 Å². The van der Waals surface area contributed by atoms with Gasteiger partial charge in [0.1, 0.15) is 11.3 Å². The van der Waals surface area contributed by atoms with Gasteiger partial charge >= 0.3 is 0 Å². The van der Waals surface area contributed by atoms with Crippen LogP contribution in [0.4, 0.5) is 5.95 Å². The Morgan fingerprint density at radius 1 is 1.13 bits per heavy atom. The third kappa shape index (κ3) is 3.70. The van der Waals surface area contributed by atoms with E-state index in [0.29, 0.717) is 18.1 Å². The van der Waals surface area contributed by atoms with Gasteiger partial charge in [0.15, 0.2) is 0 Å². The number of nitrogens with one attached hydrogen (secondary N) is 1. The number of hydrogen-bond donors (Lipinski definition) is 1. The minimum Gasteiger partial charge on any atom is -0.340 e. The van der Waals surface area contributed by atoms with Gasteiger partial charge in [-0.05, 0) is 29.3 Å². The lowest BCUT2D eigenvalue weighted by Crippen LogP contribution is -2.20. The first-order valence-corrected chi connectivity index (χ1v) is 10.9. The van der Waals surface area contributed by atoms with Gasteiger partial charge in [-0.3, -0.25) is 4.79 Å². The summed E-state index contributed by atoms with van der Waals surface area (Å²) in [5.41, 5.74) is 3.45. The van der Waals surface area contributed by atoms with Crippen molar-refractivity contribution in [1.29, 1.82) is 0 Å². The number of aldehydes is 1. The van der Waals surface area contributed by atoms with E-state index in [2.05, 4.69) is 33.7 Å². The van der Waals surface area contributed by atoms with Gasteiger partial charge in [-0.1, -0.05) is 72.3 Å². The summed E-state index contributed by atoms with van der Waals surface area (Å²) < 4.78 is 0. The van der Waals surface area contributed by atoms with E-state index in [1.807, 2.05) is 54.6 Å². The van der Waals surface area contributed by atoms with Crippen molar-refractivity contribution in [2.45, 2.75) is 31.0 Å². The number of para-hydroxylation sites is 1. The highest BCUT2D eigenvalue weighted by Gasteiger charge is 2.31. The molecule has 5 rings (SSSR count). The molecule has 0 aliphatic carbocycles. The van der Waals surface area contributed by atoms with Gasteiger partial charge in [0.25, 0.3) is 5.95 Å². The zero-order valence-electron chi connectivity index (χ0n) is 16.9. The fourth-order valence-electron chi connectivity index (χ4n) is 3.67. The average Bonchev–Trinajstić information content (AvgIpc) is 3.25. The first kappa shape index (κ1) is 19.4. The molecule has 0 saturated carbocycles. The molecule has 31 heavy (non-hydrogen) atoms. The van der Waals surface area contributed by atoms with Gasteiger partial charge in [-0.2, -0.15) is 4.80 Å². The van der Waals surface area contributed by atoms with Gasteiger partial charge in [0, 0.05) is 21.4 Å². The molecule has 1 atom stereocenters. The minimum atomic E-state index is -0.430. The van der Waals surface area contributed by atoms with Crippen molar-refractivity contribution in [2.24, 2.45) is 0 Å². The van der Waals surface area contributed by atoms with Crippen LogP contribution < -0.4 is 5.32 Å². The molecule has 2 aromatic heterocycles. The molecule has 0 bridgehead atoms. The third-order valence-corrected chi connectivity index (χ3v) is 6.31. The number of tetrazole rings is 1. The van der Waals surface area contributed by atoms with E-state index in [1.165, 1.54) is 11.8 Å². The summed E-state index contributed by atoms with van der Waals surface area (Å²) in [6.07, 6.45) is 1.83. The predicted octanol–water partition coefficient (Wildman–Crippen LogP) is 4.50. The summed E-state index contributed by atoms with van der Waals surface area (Å²) in [6, 6.07) is 19.5. The van der Waals surface area contributed by atoms with Crippen LogP contribution in [0.2, 0.25) is 0 Å². The number of thioether (sulfide) groups is 1. The van der Waals surface area contributed by atoms with Gasteiger partial charge in [0.2, 0.25) is 0 Å². The zero-order chi connectivity index (χ0) is 21.2. The van der Waals surface area contributed by atoms with Gasteiger partial charge in [0.05, 0.1) is 18.1 Å². The molecule has 7 nitrogen and oxygen atoms in total. The third-order valence-electron chi connectivity index (χ3n) is 5.11. The maximum Gasteiger partial charge on any atom is 0.264 e. The molecule has 0 saturated heterocycles. The van der Waals surface area contributed by atoms with E-state index in [1.54, 1.807) is 4.80 Å². The van der Waals surface area contributed by atoms with Crippen LogP contribution in [-0.4, -0.2) is 31.5 Å². The molecule has 2 aromatic carbocycles. The zero-order valence-corrected chi connectivity index (χ0v) is 17.7. The molecule has 3 heterocycles. The first-order chi connectivity index (χ1) is 15.3. The van der Waals surface area contributed by atoms with Crippen molar-refractivity contribution in [1.82, 2.24) is 25.2 Å². The number of rotatable bonds is 6. The SMILES string of the molecule is CCCn1nnc(NC2C(C=O)=C(c3ccccc3)Sc3nc4ccccc4cc32)n1. The highest BCUT2D eigenvalue weighted by Crippen LogP contribution is 2.48. The second kappa shape index (κ2) is 8.31. The van der Waals surface area contributed by atoms with E-state index in [9.17, 15) is 4.79 Å². The number of carbonyl (C=O) groups excluding carboxylic acids is 1. The summed E-state index contributed by atoms with van der Waals surface area (Å²) in [5, 5.41) is 17.9. The molecule has 0 spiro atoms. The number of nitrogens with zero attached hydrogens (tertiary/aromatic N) is 5. The number of pyridine rings is 1. The van der Waals surface area contributed by atoms with E-state index >= 15 is 0 Å². The Kier molecular flexibility index (Phi) is 5.21. The Hall–Kier alpha value is -3.52. The molecular weight excluding hydrogens is 408 g/mol. The Morgan fingerprint density at radius 3 is 2.74 bits per heavy atom. The van der Waals surface area contributed by atoms with Crippen molar-refractivity contribution >= 4 is 39.8 Å². The van der Waals surface area contributed by atoms with Crippen LogP contribution in [0.1, 0.15) is 30.5 Å². The largest absolute Gasteiger partial charge is 0.340 e. The monoisotopic (exact) mass is 428 g/mol. The quantitative estimate of drug-likeness (QED) is 0.453. The lowest BCUT2D eigenvalue weighted by Gasteiger charge is -2.28. The normalized spacial score (nSPS) is 15.7. The molecule has 1 aliphatic heterocycles. The van der Waals surface area contributed by atoms with Crippen molar-refractivity contribution in [3.05, 3.63) is 77.4 Å². The second-order valence-corrected chi connectivity index (χ2v) is 8.23. The number of aryl methyl sites for hydroxylation is 1. The Balaban J connectivity index is 1.66. The molecule has 0 radical (unpaired) electrons. The van der Waals surface area contributed by atoms with Crippen molar-refractivity contribution in [3.8, 4) is 0 Å². The second-order valence-electron chi connectivity index (χ2n) is 7.23. The molecule has 1 aliphatic rings. The Bertz CT molecular complexity index is 1280. The van der Waals surface area contributed by atoms with Gasteiger partial charge in [-0.25, -0.2) is 4.98 Å². The van der Waals surface area contributed by atoms with Gasteiger partial charge < -0.3 is 5.32 Å². The summed E-state index contributed by atoms with van der Waals surface area (Å²) in [7, 11) is 0. The lowest BCUT2D eigenvalue weighted by atomic mass is 9.96. The fraction of sp³-hybridized carbons (Fsp3) is 0.174. The van der Waals surface area contributed by atoms with Gasteiger partial charge in [-0.15, -0.1) is 5.10 Å². The van der Waals surface area contributed by atoms with Crippen LogP contribution in [0.5, 0.6) is 0 Å². The van der Waals surface area contributed by atoms with Crippen LogP contribution in [-0.2, 0) is 11.3 Å². The molecule has 1 unspecified atom stereocenters. The van der Waals surface area contributed by atoms with E-state index in [4.69, 9.17) is 4.98 Å². The highest BCUT2D eigenvalue weighted by atomic mass is 32.2. The predicted molar refractivity (Wildman–Crippen MR) is 121 cm³/mol. The average molecular weight is 429 g/mol. The van der Waals surface area contributed by atoms with E-state index in [-0.39, 0.29) is 0 Å². The molecule has 154 valence electrons. The minimum absolute atomic E-state index is 0.385.